The quantitative estimate of drug-likeness (QED) is 0.0374. The number of nitrogens with one attached hydrogen (secondary N) is 1. The molecule has 11 nitrogen and oxygen atoms in total. The number of H-pyrrole nitrogens is 1. The number of hydrogen-bond acceptors (Lipinski definition) is 9. The Morgan fingerprint density at radius 1 is 0.615 bits per heavy atom. The molecule has 65 heavy (non-hydrogen) atoms. The number of aromatic amines is 1. The summed E-state index contributed by atoms with van der Waals surface area (Å²) in [6.07, 6.45) is -7.64. The Morgan fingerprint density at radius 3 is 1.42 bits per heavy atom. The van der Waals surface area contributed by atoms with Gasteiger partial charge < -0.3 is 14.2 Å². The number of rotatable bonds is 14. The number of alkyl halides is 3. The molecule has 4 atom stereocenters. The molecule has 9 rings (SSSR count). The molecule has 1 fully saturated rings. The monoisotopic (exact) mass is 902 g/mol. The molecular weight excluding hydrogens is 865 g/mol. The van der Waals surface area contributed by atoms with Gasteiger partial charge in [0.15, 0.2) is 17.4 Å². The van der Waals surface area contributed by atoms with E-state index in [2.05, 4.69) is 9.97 Å². The van der Waals surface area contributed by atoms with Gasteiger partial charge in [0.25, 0.3) is 11.6 Å². The second-order valence-electron chi connectivity index (χ2n) is 15.2. The summed E-state index contributed by atoms with van der Waals surface area (Å²) in [5.41, 5.74) is -7.46. The number of ether oxygens (including phenoxy) is 3. The molecular formula is C49H38F4N4O7S. The van der Waals surface area contributed by atoms with Crippen molar-refractivity contribution < 1.29 is 44.4 Å². The lowest BCUT2D eigenvalue weighted by molar-refractivity contribution is -0.122. The lowest BCUT2D eigenvalue weighted by atomic mass is 9.79. The highest BCUT2D eigenvalue weighted by Crippen LogP contribution is 2.48. The van der Waals surface area contributed by atoms with Crippen molar-refractivity contribution in [1.82, 2.24) is 19.5 Å². The highest BCUT2D eigenvalue weighted by Gasteiger charge is 2.58. The summed E-state index contributed by atoms with van der Waals surface area (Å²) in [5, 5.41) is 0. The van der Waals surface area contributed by atoms with Crippen molar-refractivity contribution >= 4 is 21.3 Å². The summed E-state index contributed by atoms with van der Waals surface area (Å²) in [5.74, 6) is 0. The Bertz CT molecular complexity index is 2850. The third kappa shape index (κ3) is 8.04. The van der Waals surface area contributed by atoms with Crippen LogP contribution >= 0.6 is 0 Å². The van der Waals surface area contributed by atoms with Gasteiger partial charge in [0.1, 0.15) is 29.5 Å². The molecule has 1 N–H and O–H groups in total. The number of halogens is 4. The van der Waals surface area contributed by atoms with E-state index in [1.807, 2.05) is 59.6 Å². The van der Waals surface area contributed by atoms with Gasteiger partial charge in [0, 0.05) is 0 Å². The van der Waals surface area contributed by atoms with Crippen LogP contribution in [0, 0.1) is 6.08 Å². The van der Waals surface area contributed by atoms with Crippen molar-refractivity contribution in [3.8, 4) is 0 Å². The summed E-state index contributed by atoms with van der Waals surface area (Å²) in [7, 11) is -6.43. The average Bonchev–Trinajstić information content (AvgIpc) is 3.90. The number of nitrogens with zero attached hydrogens (tertiary/aromatic N) is 3. The van der Waals surface area contributed by atoms with Crippen molar-refractivity contribution in [3.05, 3.63) is 238 Å². The van der Waals surface area contributed by atoms with Gasteiger partial charge in [-0.15, -0.1) is 0 Å². The van der Waals surface area contributed by atoms with Gasteiger partial charge in [-0.25, -0.2) is 4.98 Å². The van der Waals surface area contributed by atoms with E-state index in [0.717, 1.165) is 10.9 Å². The summed E-state index contributed by atoms with van der Waals surface area (Å²) in [6.45, 7) is -0.628. The zero-order valence-corrected chi connectivity index (χ0v) is 34.9. The highest BCUT2D eigenvalue weighted by atomic mass is 32.2. The van der Waals surface area contributed by atoms with E-state index in [9.17, 15) is 30.8 Å². The molecule has 3 heterocycles. The fourth-order valence-electron chi connectivity index (χ4n) is 8.50. The van der Waals surface area contributed by atoms with Crippen LogP contribution in [0.15, 0.2) is 193 Å². The Kier molecular flexibility index (Phi) is 11.8. The topological polar surface area (TPSA) is 135 Å². The van der Waals surface area contributed by atoms with Crippen LogP contribution in [0.25, 0.3) is 11.2 Å². The standard InChI is InChI=1S/C49H38F4N4O7S/c50-46-55-43-40(44(58)56-46)54-32-57(43)45-42(63-48(36-25-13-4-14-26-36,37-27-15-5-16-28-37)38-29-17-6-18-30-38)41(64-65(59,60)49(51,52)53)39(62-45)31-61-47(33-19-7-1-8-20-33,34-21-9-2-10-22-34)35-23-11-3-12-24-35/h1-30,32,39,41-42,45H,31H2,(H,55,56,58)/t39-,41-,42-,45-/m1/s1. The van der Waals surface area contributed by atoms with Crippen LogP contribution in [0.5, 0.6) is 0 Å². The molecule has 0 aliphatic carbocycles. The molecule has 330 valence electrons. The van der Waals surface area contributed by atoms with E-state index in [-0.39, 0.29) is 11.2 Å². The molecule has 0 amide bonds. The van der Waals surface area contributed by atoms with Crippen LogP contribution in [0.2, 0.25) is 0 Å². The van der Waals surface area contributed by atoms with Crippen molar-refractivity contribution in [2.75, 3.05) is 6.61 Å². The van der Waals surface area contributed by atoms with Crippen LogP contribution in [-0.4, -0.2) is 58.4 Å². The van der Waals surface area contributed by atoms with E-state index >= 15 is 0 Å². The predicted octanol–water partition coefficient (Wildman–Crippen LogP) is 8.78. The van der Waals surface area contributed by atoms with Gasteiger partial charge in [-0.05, 0) is 33.4 Å². The maximum Gasteiger partial charge on any atom is 0.523 e. The van der Waals surface area contributed by atoms with Crippen molar-refractivity contribution in [2.45, 2.75) is 41.3 Å². The molecule has 8 aromatic rings. The fourth-order valence-corrected chi connectivity index (χ4v) is 9.13. The summed E-state index contributed by atoms with van der Waals surface area (Å²) >= 11 is 0. The minimum absolute atomic E-state index is 0.342. The zero-order valence-electron chi connectivity index (χ0n) is 34.0. The van der Waals surface area contributed by atoms with Gasteiger partial charge in [-0.2, -0.15) is 31.0 Å². The fraction of sp³-hybridized carbons (Fsp3) is 0.163. The number of aromatic nitrogens is 4. The average molecular weight is 903 g/mol. The van der Waals surface area contributed by atoms with E-state index in [0.29, 0.717) is 33.4 Å². The van der Waals surface area contributed by atoms with Crippen LogP contribution in [0.1, 0.15) is 39.6 Å². The number of hydrogen-bond donors (Lipinski definition) is 1. The molecule has 0 unspecified atom stereocenters. The van der Waals surface area contributed by atoms with Crippen LogP contribution < -0.4 is 5.56 Å². The Hall–Kier alpha value is -6.82. The largest absolute Gasteiger partial charge is 0.523 e. The maximum absolute atomic E-state index is 15.0. The molecule has 1 aliphatic rings. The van der Waals surface area contributed by atoms with E-state index < -0.39 is 69.6 Å². The van der Waals surface area contributed by atoms with Crippen LogP contribution in [-0.2, 0) is 39.7 Å². The first-order valence-electron chi connectivity index (χ1n) is 20.3. The minimum Gasteiger partial charge on any atom is -0.358 e. The summed E-state index contributed by atoms with van der Waals surface area (Å²) in [4.78, 5) is 23.0. The molecule has 0 radical (unpaired) electrons. The van der Waals surface area contributed by atoms with Crippen LogP contribution in [0.4, 0.5) is 17.6 Å². The first-order valence-corrected chi connectivity index (χ1v) is 21.8. The summed E-state index contributed by atoms with van der Waals surface area (Å²) < 4.78 is 113. The predicted molar refractivity (Wildman–Crippen MR) is 231 cm³/mol. The lowest BCUT2D eigenvalue weighted by Gasteiger charge is -2.40. The number of imidazole rings is 1. The Morgan fingerprint density at radius 2 is 1.02 bits per heavy atom. The lowest BCUT2D eigenvalue weighted by Crippen LogP contribution is -2.48. The van der Waals surface area contributed by atoms with Gasteiger partial charge in [0.2, 0.25) is 0 Å². The SMILES string of the molecule is O=c1[nH]c(F)nc2c1ncn2[C@@H]1O[C@H](COC(c2ccccc2)(c2ccccc2)c2ccccc2)[C@@H](OS(=O)(=O)C(F)(F)F)[C@H]1OC(c1ccccc1)(c1ccccc1)c1ccccc1. The molecule has 6 aromatic carbocycles. The third-order valence-corrected chi connectivity index (χ3v) is 12.4. The molecule has 0 spiro atoms. The van der Waals surface area contributed by atoms with E-state index in [1.165, 1.54) is 0 Å². The molecule has 0 bridgehead atoms. The van der Waals surface area contributed by atoms with Gasteiger partial charge in [-0.3, -0.25) is 18.5 Å². The Labute approximate surface area is 370 Å². The molecule has 16 heteroatoms. The number of fused-ring (bicyclic) bond motifs is 1. The first kappa shape index (κ1) is 43.4. The van der Waals surface area contributed by atoms with Crippen molar-refractivity contribution in [1.29, 1.82) is 0 Å². The smallest absolute Gasteiger partial charge is 0.358 e. The zero-order chi connectivity index (χ0) is 45.2. The normalized spacial score (nSPS) is 18.2. The third-order valence-electron chi connectivity index (χ3n) is 11.3. The molecule has 0 saturated carbocycles. The van der Waals surface area contributed by atoms with Gasteiger partial charge >= 0.3 is 15.6 Å². The molecule has 1 aliphatic heterocycles. The van der Waals surface area contributed by atoms with Crippen molar-refractivity contribution in [3.63, 3.8) is 0 Å². The second kappa shape index (κ2) is 17.6. The maximum atomic E-state index is 15.0. The van der Waals surface area contributed by atoms with Crippen molar-refractivity contribution in [2.24, 2.45) is 0 Å². The van der Waals surface area contributed by atoms with Gasteiger partial charge in [-0.1, -0.05) is 182 Å². The van der Waals surface area contributed by atoms with Crippen LogP contribution in [0.3, 0.4) is 0 Å². The number of benzene rings is 6. The second-order valence-corrected chi connectivity index (χ2v) is 16.7. The summed E-state index contributed by atoms with van der Waals surface area (Å²) in [6, 6.07) is 53.6. The highest BCUT2D eigenvalue weighted by molar-refractivity contribution is 7.87. The first-order chi connectivity index (χ1) is 31.4. The Balaban J connectivity index is 1.28. The minimum atomic E-state index is -6.43. The molecule has 1 saturated heterocycles. The van der Waals surface area contributed by atoms with E-state index in [4.69, 9.17) is 18.4 Å². The van der Waals surface area contributed by atoms with E-state index in [1.54, 1.807) is 127 Å². The van der Waals surface area contributed by atoms with Gasteiger partial charge in [0.05, 0.1) is 12.9 Å². The molecule has 2 aromatic heterocycles.